The lowest BCUT2D eigenvalue weighted by Crippen LogP contribution is -2.14. The standard InChI is InChI=1S/C20H26F4O/c1-2-3-4-5-6-7-14-8-10-15(11-9-14)16-12-17(21)19(18(22)13-16)25-20(23)24/h3-4,12-15,20H,2,5-11H2,1H3/b4-3+/t14-,15-. The van der Waals surface area contributed by atoms with Crippen molar-refractivity contribution < 1.29 is 22.3 Å². The number of hydrogen-bond acceptors (Lipinski definition) is 1. The first-order valence-electron chi connectivity index (χ1n) is 9.10. The molecule has 0 aliphatic heterocycles. The highest BCUT2D eigenvalue weighted by Gasteiger charge is 2.25. The first-order valence-corrected chi connectivity index (χ1v) is 9.10. The Morgan fingerprint density at radius 1 is 1.08 bits per heavy atom. The average Bonchev–Trinajstić information content (AvgIpc) is 2.58. The molecule has 0 radical (unpaired) electrons. The number of halogens is 4. The number of rotatable bonds is 8. The molecule has 5 heteroatoms. The van der Waals surface area contributed by atoms with Crippen molar-refractivity contribution >= 4 is 0 Å². The Labute approximate surface area is 147 Å². The Hall–Kier alpha value is -1.52. The number of ether oxygens (including phenoxy) is 1. The highest BCUT2D eigenvalue weighted by molar-refractivity contribution is 5.33. The van der Waals surface area contributed by atoms with Crippen molar-refractivity contribution in [3.05, 3.63) is 41.5 Å². The first-order chi connectivity index (χ1) is 12.0. The number of alkyl halides is 2. The molecule has 140 valence electrons. The summed E-state index contributed by atoms with van der Waals surface area (Å²) in [6.07, 6.45) is 12.8. The largest absolute Gasteiger partial charge is 0.429 e. The summed E-state index contributed by atoms with van der Waals surface area (Å²) >= 11 is 0. The van der Waals surface area contributed by atoms with Gasteiger partial charge in [0.25, 0.3) is 0 Å². The van der Waals surface area contributed by atoms with Crippen molar-refractivity contribution in [1.29, 1.82) is 0 Å². The van der Waals surface area contributed by atoms with Gasteiger partial charge >= 0.3 is 6.61 Å². The first kappa shape index (κ1) is 19.8. The normalized spacial score (nSPS) is 21.2. The molecule has 0 spiro atoms. The van der Waals surface area contributed by atoms with E-state index >= 15 is 0 Å². The van der Waals surface area contributed by atoms with Crippen LogP contribution in [0.5, 0.6) is 5.75 Å². The third kappa shape index (κ3) is 6.05. The van der Waals surface area contributed by atoms with E-state index in [1.807, 2.05) is 0 Å². The van der Waals surface area contributed by atoms with E-state index in [4.69, 9.17) is 0 Å². The van der Waals surface area contributed by atoms with Gasteiger partial charge in [-0.15, -0.1) is 0 Å². The molecule has 25 heavy (non-hydrogen) atoms. The molecule has 1 saturated carbocycles. The van der Waals surface area contributed by atoms with Crippen LogP contribution in [0.4, 0.5) is 17.6 Å². The molecule has 1 aromatic rings. The third-order valence-corrected chi connectivity index (χ3v) is 4.93. The van der Waals surface area contributed by atoms with E-state index in [1.54, 1.807) is 0 Å². The highest BCUT2D eigenvalue weighted by Crippen LogP contribution is 2.39. The molecule has 1 nitrogen and oxygen atoms in total. The topological polar surface area (TPSA) is 9.23 Å². The fourth-order valence-corrected chi connectivity index (χ4v) is 3.61. The molecule has 2 rings (SSSR count). The maximum Gasteiger partial charge on any atom is 0.387 e. The Morgan fingerprint density at radius 3 is 2.28 bits per heavy atom. The van der Waals surface area contributed by atoms with Crippen LogP contribution in [0.1, 0.15) is 69.8 Å². The van der Waals surface area contributed by atoms with Crippen LogP contribution in [0.25, 0.3) is 0 Å². The zero-order chi connectivity index (χ0) is 18.2. The molecule has 1 aromatic carbocycles. The summed E-state index contributed by atoms with van der Waals surface area (Å²) in [6.45, 7) is -1.12. The minimum atomic E-state index is -3.24. The monoisotopic (exact) mass is 358 g/mol. The van der Waals surface area contributed by atoms with Gasteiger partial charge < -0.3 is 4.74 Å². The van der Waals surface area contributed by atoms with Crippen LogP contribution in [0.2, 0.25) is 0 Å². The third-order valence-electron chi connectivity index (χ3n) is 4.93. The van der Waals surface area contributed by atoms with Gasteiger partial charge in [0.15, 0.2) is 17.4 Å². The molecule has 0 saturated heterocycles. The van der Waals surface area contributed by atoms with Crippen LogP contribution in [0, 0.1) is 17.6 Å². The summed E-state index contributed by atoms with van der Waals surface area (Å²) in [6, 6.07) is 2.28. The number of unbranched alkanes of at least 4 members (excludes halogenated alkanes) is 1. The van der Waals surface area contributed by atoms with Gasteiger partial charge in [0.05, 0.1) is 0 Å². The average molecular weight is 358 g/mol. The molecule has 1 aliphatic rings. The minimum absolute atomic E-state index is 0.0841. The summed E-state index contributed by atoms with van der Waals surface area (Å²) in [5.74, 6) is -2.35. The van der Waals surface area contributed by atoms with E-state index in [9.17, 15) is 17.6 Å². The number of allylic oxidation sites excluding steroid dienone is 2. The molecule has 0 atom stereocenters. The molecule has 0 bridgehead atoms. The maximum atomic E-state index is 13.9. The van der Waals surface area contributed by atoms with Crippen LogP contribution in [0.3, 0.4) is 0 Å². The van der Waals surface area contributed by atoms with Gasteiger partial charge in [-0.25, -0.2) is 8.78 Å². The SMILES string of the molecule is CC/C=C/CCC[C@H]1CC[C@H](c2cc(F)c(OC(F)F)c(F)c2)CC1. The van der Waals surface area contributed by atoms with E-state index in [0.29, 0.717) is 11.5 Å². The molecule has 1 fully saturated rings. The minimum Gasteiger partial charge on any atom is -0.429 e. The van der Waals surface area contributed by atoms with Gasteiger partial charge in [0, 0.05) is 0 Å². The van der Waals surface area contributed by atoms with Gasteiger partial charge in [-0.1, -0.05) is 25.5 Å². The van der Waals surface area contributed by atoms with E-state index in [2.05, 4.69) is 23.8 Å². The second kappa shape index (κ2) is 9.83. The van der Waals surface area contributed by atoms with Crippen molar-refractivity contribution in [2.24, 2.45) is 5.92 Å². The van der Waals surface area contributed by atoms with Gasteiger partial charge in [0.2, 0.25) is 0 Å². The van der Waals surface area contributed by atoms with Crippen molar-refractivity contribution in [3.63, 3.8) is 0 Å². The fraction of sp³-hybridized carbons (Fsp3) is 0.600. The highest BCUT2D eigenvalue weighted by atomic mass is 19.3. The number of hydrogen-bond donors (Lipinski definition) is 0. The summed E-state index contributed by atoms with van der Waals surface area (Å²) in [7, 11) is 0. The number of benzene rings is 1. The second-order valence-corrected chi connectivity index (χ2v) is 6.72. The van der Waals surface area contributed by atoms with Crippen molar-refractivity contribution in [1.82, 2.24) is 0 Å². The zero-order valence-corrected chi connectivity index (χ0v) is 14.6. The van der Waals surface area contributed by atoms with Crippen LogP contribution in [0.15, 0.2) is 24.3 Å². The van der Waals surface area contributed by atoms with Crippen molar-refractivity contribution in [2.75, 3.05) is 0 Å². The molecular formula is C20H26F4O. The smallest absolute Gasteiger partial charge is 0.387 e. The van der Waals surface area contributed by atoms with Gasteiger partial charge in [0.1, 0.15) is 0 Å². The lowest BCUT2D eigenvalue weighted by Gasteiger charge is -2.29. The predicted molar refractivity (Wildman–Crippen MR) is 91.0 cm³/mol. The Morgan fingerprint density at radius 2 is 1.72 bits per heavy atom. The molecule has 1 aliphatic carbocycles. The van der Waals surface area contributed by atoms with E-state index < -0.39 is 24.0 Å². The van der Waals surface area contributed by atoms with E-state index in [0.717, 1.165) is 50.7 Å². The quantitative estimate of drug-likeness (QED) is 0.277. The molecule has 0 heterocycles. The molecule has 0 amide bonds. The van der Waals surface area contributed by atoms with Crippen molar-refractivity contribution in [2.45, 2.75) is 70.8 Å². The molecule has 0 unspecified atom stereocenters. The Kier molecular flexibility index (Phi) is 7.79. The molecule has 0 N–H and O–H groups in total. The van der Waals surface area contributed by atoms with Gasteiger partial charge in [-0.2, -0.15) is 8.78 Å². The van der Waals surface area contributed by atoms with E-state index in [1.165, 1.54) is 12.8 Å². The van der Waals surface area contributed by atoms with Crippen LogP contribution in [-0.2, 0) is 0 Å². The molecular weight excluding hydrogens is 332 g/mol. The van der Waals surface area contributed by atoms with Crippen LogP contribution in [-0.4, -0.2) is 6.61 Å². The van der Waals surface area contributed by atoms with Gasteiger partial charge in [-0.3, -0.25) is 0 Å². The predicted octanol–water partition coefficient (Wildman–Crippen LogP) is 6.98. The second-order valence-electron chi connectivity index (χ2n) is 6.72. The van der Waals surface area contributed by atoms with E-state index in [-0.39, 0.29) is 5.92 Å². The fourth-order valence-electron chi connectivity index (χ4n) is 3.61. The lowest BCUT2D eigenvalue weighted by molar-refractivity contribution is -0.0546. The lowest BCUT2D eigenvalue weighted by atomic mass is 9.77. The van der Waals surface area contributed by atoms with Gasteiger partial charge in [-0.05, 0) is 74.5 Å². The maximum absolute atomic E-state index is 13.9. The zero-order valence-electron chi connectivity index (χ0n) is 14.6. The summed E-state index contributed by atoms with van der Waals surface area (Å²) in [5, 5.41) is 0. The molecule has 0 aromatic heterocycles. The van der Waals surface area contributed by atoms with Crippen LogP contribution < -0.4 is 4.74 Å². The van der Waals surface area contributed by atoms with Crippen LogP contribution >= 0.6 is 0 Å². The Bertz CT molecular complexity index is 540. The summed E-state index contributed by atoms with van der Waals surface area (Å²) in [4.78, 5) is 0. The summed E-state index contributed by atoms with van der Waals surface area (Å²) in [5.41, 5.74) is 0.543. The Balaban J connectivity index is 1.87. The summed E-state index contributed by atoms with van der Waals surface area (Å²) < 4.78 is 56.0. The van der Waals surface area contributed by atoms with Crippen molar-refractivity contribution in [3.8, 4) is 5.75 Å².